The van der Waals surface area contributed by atoms with Crippen LogP contribution >= 0.6 is 0 Å². The second-order valence-electron chi connectivity index (χ2n) is 8.46. The van der Waals surface area contributed by atoms with E-state index in [1.165, 1.54) is 15.6 Å². The van der Waals surface area contributed by atoms with Crippen molar-refractivity contribution in [3.05, 3.63) is 127 Å². The van der Waals surface area contributed by atoms with Crippen LogP contribution in [0, 0.1) is 0 Å². The fraction of sp³-hybridized carbons (Fsp3) is 0.167. The third-order valence-electron chi connectivity index (χ3n) is 6.36. The van der Waals surface area contributed by atoms with Crippen LogP contribution in [0.25, 0.3) is 0 Å². The van der Waals surface area contributed by atoms with Crippen LogP contribution in [0.1, 0.15) is 25.3 Å². The fourth-order valence-corrected chi connectivity index (χ4v) is 8.64. The lowest BCUT2D eigenvalue weighted by Crippen LogP contribution is -2.70. The Bertz CT molecular complexity index is 1030. The lowest BCUT2D eigenvalue weighted by Gasteiger charge is -2.37. The molecular formula is C30H30O2Si. The molecule has 4 rings (SSSR count). The molecule has 4 aromatic carbocycles. The lowest BCUT2D eigenvalue weighted by molar-refractivity contribution is -0.114. The second-order valence-corrected chi connectivity index (χ2v) is 11.8. The van der Waals surface area contributed by atoms with Crippen molar-refractivity contribution in [1.29, 1.82) is 0 Å². The summed E-state index contributed by atoms with van der Waals surface area (Å²) in [6.45, 7) is 2.46. The number of hydrogen-bond donors (Lipinski definition) is 0. The molecule has 0 fully saturated rings. The van der Waals surface area contributed by atoms with Gasteiger partial charge in [0.25, 0.3) is 8.32 Å². The van der Waals surface area contributed by atoms with Crippen LogP contribution < -0.4 is 15.6 Å². The van der Waals surface area contributed by atoms with Crippen molar-refractivity contribution in [2.75, 3.05) is 6.61 Å². The van der Waals surface area contributed by atoms with Crippen molar-refractivity contribution >= 4 is 30.2 Å². The molecule has 4 aromatic rings. The minimum Gasteiger partial charge on any atom is -0.403 e. The number of rotatable bonds is 10. The van der Waals surface area contributed by atoms with Crippen molar-refractivity contribution in [3.63, 3.8) is 0 Å². The van der Waals surface area contributed by atoms with Crippen LogP contribution in [0.15, 0.2) is 121 Å². The predicted molar refractivity (Wildman–Crippen MR) is 139 cm³/mol. The summed E-state index contributed by atoms with van der Waals surface area (Å²) in [5.74, 6) is 0. The third-order valence-corrected chi connectivity index (χ3v) is 10.4. The summed E-state index contributed by atoms with van der Waals surface area (Å²) in [6.07, 6.45) is 2.74. The van der Waals surface area contributed by atoms with Gasteiger partial charge >= 0.3 is 0 Å². The van der Waals surface area contributed by atoms with E-state index in [9.17, 15) is 4.79 Å². The molecule has 2 nitrogen and oxygen atoms in total. The van der Waals surface area contributed by atoms with Crippen LogP contribution in [0.2, 0.25) is 0 Å². The first-order valence-electron chi connectivity index (χ1n) is 11.6. The molecule has 33 heavy (non-hydrogen) atoms. The average Bonchev–Trinajstić information content (AvgIpc) is 2.91. The molecule has 0 radical (unpaired) electrons. The summed E-state index contributed by atoms with van der Waals surface area (Å²) in [5, 5.41) is 3.52. The molecule has 0 aliphatic rings. The predicted octanol–water partition coefficient (Wildman–Crippen LogP) is 4.61. The molecule has 0 amide bonds. The van der Waals surface area contributed by atoms with E-state index < -0.39 is 13.7 Å². The summed E-state index contributed by atoms with van der Waals surface area (Å²) in [4.78, 5) is 12.7. The van der Waals surface area contributed by atoms with Gasteiger partial charge in [0.15, 0.2) is 0 Å². The highest BCUT2D eigenvalue weighted by Gasteiger charge is 2.44. The zero-order valence-corrected chi connectivity index (χ0v) is 20.1. The smallest absolute Gasteiger partial charge is 0.288 e. The molecule has 0 spiro atoms. The second kappa shape index (κ2) is 10.6. The van der Waals surface area contributed by atoms with E-state index in [-0.39, 0.29) is 0 Å². The van der Waals surface area contributed by atoms with Gasteiger partial charge in [-0.15, -0.1) is 0 Å². The molecule has 0 saturated carbocycles. The Labute approximate surface area is 198 Å². The standard InChI is InChI=1S/C30H30O2Si/c1-2-23-30(24-31,26-15-7-3-8-16-26)25-32-33(27-17-9-4-10-18-27,28-19-11-5-12-20-28)29-21-13-6-14-22-29/h3-22,24H,2,23,25H2,1H3. The Morgan fingerprint density at radius 1 is 0.667 bits per heavy atom. The number of benzene rings is 4. The minimum atomic E-state index is -2.87. The molecular weight excluding hydrogens is 420 g/mol. The van der Waals surface area contributed by atoms with Gasteiger partial charge in [-0.2, -0.15) is 0 Å². The van der Waals surface area contributed by atoms with E-state index in [2.05, 4.69) is 79.7 Å². The van der Waals surface area contributed by atoms with Crippen molar-refractivity contribution < 1.29 is 9.22 Å². The molecule has 0 saturated heterocycles. The molecule has 0 bridgehead atoms. The molecule has 0 aliphatic heterocycles. The first kappa shape index (κ1) is 22.9. The van der Waals surface area contributed by atoms with Crippen LogP contribution in [-0.4, -0.2) is 21.2 Å². The van der Waals surface area contributed by atoms with Gasteiger partial charge in [-0.25, -0.2) is 0 Å². The molecule has 1 unspecified atom stereocenters. The van der Waals surface area contributed by atoms with E-state index in [0.29, 0.717) is 6.61 Å². The largest absolute Gasteiger partial charge is 0.403 e. The topological polar surface area (TPSA) is 26.3 Å². The Balaban J connectivity index is 1.89. The Morgan fingerprint density at radius 3 is 1.42 bits per heavy atom. The van der Waals surface area contributed by atoms with Crippen molar-refractivity contribution in [2.45, 2.75) is 25.2 Å². The maximum absolute atomic E-state index is 12.7. The average molecular weight is 451 g/mol. The van der Waals surface area contributed by atoms with Gasteiger partial charge in [0.2, 0.25) is 0 Å². The van der Waals surface area contributed by atoms with Crippen LogP contribution in [-0.2, 0) is 14.6 Å². The van der Waals surface area contributed by atoms with Gasteiger partial charge < -0.3 is 9.22 Å². The maximum atomic E-state index is 12.7. The van der Waals surface area contributed by atoms with Crippen LogP contribution in [0.3, 0.4) is 0 Å². The molecule has 0 heterocycles. The van der Waals surface area contributed by atoms with Gasteiger partial charge in [-0.3, -0.25) is 0 Å². The summed E-state index contributed by atoms with van der Waals surface area (Å²) in [7, 11) is -2.87. The molecule has 166 valence electrons. The van der Waals surface area contributed by atoms with Gasteiger partial charge in [-0.1, -0.05) is 135 Å². The van der Waals surface area contributed by atoms with Gasteiger partial charge in [0.05, 0.1) is 12.0 Å². The van der Waals surface area contributed by atoms with E-state index in [4.69, 9.17) is 4.43 Å². The van der Waals surface area contributed by atoms with E-state index >= 15 is 0 Å². The number of hydrogen-bond acceptors (Lipinski definition) is 2. The highest BCUT2D eigenvalue weighted by atomic mass is 28.4. The fourth-order valence-electron chi connectivity index (χ4n) is 4.68. The zero-order chi connectivity index (χ0) is 23.0. The number of carbonyl (C=O) groups is 1. The summed E-state index contributed by atoms with van der Waals surface area (Å²) in [6, 6.07) is 41.6. The quantitative estimate of drug-likeness (QED) is 0.200. The van der Waals surface area contributed by atoms with Crippen molar-refractivity contribution in [1.82, 2.24) is 0 Å². The molecule has 0 N–H and O–H groups in total. The summed E-state index contributed by atoms with van der Waals surface area (Å²) >= 11 is 0. The third kappa shape index (κ3) is 4.61. The zero-order valence-electron chi connectivity index (χ0n) is 19.1. The van der Waals surface area contributed by atoms with Gasteiger partial charge in [0.1, 0.15) is 6.29 Å². The maximum Gasteiger partial charge on any atom is 0.288 e. The SMILES string of the molecule is CCCC(C=O)(CO[Si](c1ccccc1)(c1ccccc1)c1ccccc1)c1ccccc1. The first-order chi connectivity index (χ1) is 16.2. The summed E-state index contributed by atoms with van der Waals surface area (Å²) < 4.78 is 7.16. The van der Waals surface area contributed by atoms with Crippen LogP contribution in [0.4, 0.5) is 0 Å². The van der Waals surface area contributed by atoms with E-state index in [0.717, 1.165) is 24.7 Å². The minimum absolute atomic E-state index is 0.333. The van der Waals surface area contributed by atoms with Gasteiger partial charge in [0, 0.05) is 0 Å². The van der Waals surface area contributed by atoms with E-state index in [1.807, 2.05) is 48.5 Å². The lowest BCUT2D eigenvalue weighted by atomic mass is 9.79. The molecule has 1 atom stereocenters. The molecule has 0 aromatic heterocycles. The van der Waals surface area contributed by atoms with E-state index in [1.54, 1.807) is 0 Å². The highest BCUT2D eigenvalue weighted by Crippen LogP contribution is 2.29. The Morgan fingerprint density at radius 2 is 1.06 bits per heavy atom. The molecule has 3 heteroatoms. The monoisotopic (exact) mass is 450 g/mol. The number of carbonyl (C=O) groups excluding carboxylic acids is 1. The van der Waals surface area contributed by atoms with Crippen molar-refractivity contribution in [3.8, 4) is 0 Å². The van der Waals surface area contributed by atoms with Gasteiger partial charge in [-0.05, 0) is 27.5 Å². The van der Waals surface area contributed by atoms with Crippen LogP contribution in [0.5, 0.6) is 0 Å². The number of aldehydes is 1. The first-order valence-corrected chi connectivity index (χ1v) is 13.5. The van der Waals surface area contributed by atoms with Crippen molar-refractivity contribution in [2.24, 2.45) is 0 Å². The summed E-state index contributed by atoms with van der Waals surface area (Å²) in [5.41, 5.74) is 0.325. The Kier molecular flexibility index (Phi) is 7.33. The molecule has 0 aliphatic carbocycles. The Hall–Kier alpha value is -3.27. The highest BCUT2D eigenvalue weighted by molar-refractivity contribution is 7.07. The normalized spacial score (nSPS) is 13.2.